The van der Waals surface area contributed by atoms with Crippen molar-refractivity contribution in [2.24, 2.45) is 0 Å². The van der Waals surface area contributed by atoms with Crippen LogP contribution in [-0.2, 0) is 21.1 Å². The first-order chi connectivity index (χ1) is 31.4. The molecule has 338 valence electrons. The fourth-order valence-corrected chi connectivity index (χ4v) is 8.14. The first-order valence-electron chi connectivity index (χ1n) is 21.8. The Morgan fingerprint density at radius 1 is 0.292 bits per heavy atom. The molecule has 2 aliphatic rings. The van der Waals surface area contributed by atoms with E-state index < -0.39 is 0 Å². The van der Waals surface area contributed by atoms with Gasteiger partial charge in [0.05, 0.1) is 98.4 Å². The van der Waals surface area contributed by atoms with Crippen LogP contribution in [0.5, 0.6) is 46.0 Å². The molecule has 0 spiro atoms. The van der Waals surface area contributed by atoms with Crippen LogP contribution in [0.25, 0.3) is 89.7 Å². The van der Waals surface area contributed by atoms with Crippen LogP contribution in [0.3, 0.4) is 0 Å². The summed E-state index contributed by atoms with van der Waals surface area (Å²) < 4.78 is 50.1. The summed E-state index contributed by atoms with van der Waals surface area (Å²) in [6.45, 7) is 18.4. The quantitative estimate of drug-likeness (QED) is 0.0893. The SMILES string of the molecule is CCOc1ccc(OCC)c2c1-c1nc-2nc2[n-]c(nc3nc(nc4[n-]c(n1)c1c(OCC)ccc(OCC)c41)-c1c(OCC)ccc(OCC)c1-3)c1c(OCC)ccc(OCC)c21.[Pt+2]. The van der Waals surface area contributed by atoms with Gasteiger partial charge in [-0.15, -0.1) is 0 Å². The van der Waals surface area contributed by atoms with Gasteiger partial charge < -0.3 is 67.8 Å². The molecular weight excluding hydrogens is 1010 g/mol. The fraction of sp³-hybridized carbons (Fsp3) is 0.333. The maximum absolute atomic E-state index is 6.27. The van der Waals surface area contributed by atoms with E-state index in [1.165, 1.54) is 0 Å². The standard InChI is InChI=1S/C48H48N8O8.Pt/c1-9-57-25-17-18-26(58-10-2)34-33(25)41-49-42(34)54-44-37-29(61-13-5)21-22-30(62-14-6)38(37)46(51-44)56-48-40-32(64-16-8)24-23-31(63-15-7)39(40)47(52-48)55-45-36-28(60-12-4)20-19-27(59-11-3)35(36)43(50-45)53-41;/h17-24H,9-16H2,1-8H3;/q-2;+2. The second-order valence-corrected chi connectivity index (χ2v) is 14.2. The molecule has 0 saturated carbocycles. The number of hydrogen-bond acceptors (Lipinski definition) is 14. The Bertz CT molecular complexity index is 2700. The molecule has 16 nitrogen and oxygen atoms in total. The summed E-state index contributed by atoms with van der Waals surface area (Å²) in [5.41, 5.74) is 3.40. The summed E-state index contributed by atoms with van der Waals surface area (Å²) in [4.78, 5) is 41.6. The van der Waals surface area contributed by atoms with Gasteiger partial charge in [0.2, 0.25) is 0 Å². The molecule has 3 aromatic heterocycles. The second-order valence-electron chi connectivity index (χ2n) is 14.2. The summed E-state index contributed by atoms with van der Waals surface area (Å²) in [5.74, 6) is 5.38. The molecule has 0 aliphatic carbocycles. The first-order valence-corrected chi connectivity index (χ1v) is 21.8. The zero-order valence-corrected chi connectivity index (χ0v) is 39.7. The molecule has 0 atom stereocenters. The summed E-state index contributed by atoms with van der Waals surface area (Å²) in [5, 5.41) is 2.29. The molecule has 8 bridgehead atoms. The third kappa shape index (κ3) is 7.87. The average Bonchev–Trinajstić information content (AvgIpc) is 4.04. The molecule has 0 N–H and O–H groups in total. The molecule has 4 aromatic carbocycles. The van der Waals surface area contributed by atoms with Crippen molar-refractivity contribution < 1.29 is 59.0 Å². The molecule has 0 unspecified atom stereocenters. The van der Waals surface area contributed by atoms with E-state index in [2.05, 4.69) is 0 Å². The van der Waals surface area contributed by atoms with E-state index in [4.69, 9.17) is 77.8 Å². The normalized spacial score (nSPS) is 11.4. The van der Waals surface area contributed by atoms with Crippen LogP contribution in [0.4, 0.5) is 0 Å². The maximum atomic E-state index is 6.27. The number of hydrogen-bond donors (Lipinski definition) is 0. The van der Waals surface area contributed by atoms with E-state index in [1.54, 1.807) is 0 Å². The van der Waals surface area contributed by atoms with Crippen LogP contribution in [0, 0.1) is 0 Å². The average molecular weight is 1060 g/mol. The number of aromatic nitrogens is 8. The summed E-state index contributed by atoms with van der Waals surface area (Å²) in [7, 11) is 0. The zero-order valence-electron chi connectivity index (χ0n) is 37.4. The van der Waals surface area contributed by atoms with E-state index in [1.807, 2.05) is 104 Å². The van der Waals surface area contributed by atoms with Crippen molar-refractivity contribution in [1.29, 1.82) is 0 Å². The van der Waals surface area contributed by atoms with E-state index >= 15 is 0 Å². The smallest absolute Gasteiger partial charge is 0.493 e. The molecule has 2 aliphatic heterocycles. The minimum absolute atomic E-state index is 0. The van der Waals surface area contributed by atoms with E-state index in [-0.39, 0.29) is 67.0 Å². The van der Waals surface area contributed by atoms with Crippen LogP contribution in [0.1, 0.15) is 55.4 Å². The molecule has 17 heteroatoms. The van der Waals surface area contributed by atoms with Crippen LogP contribution in [-0.4, -0.2) is 82.8 Å². The third-order valence-electron chi connectivity index (χ3n) is 10.4. The van der Waals surface area contributed by atoms with E-state index in [9.17, 15) is 0 Å². The number of nitrogens with zero attached hydrogens (tertiary/aromatic N) is 8. The Balaban J connectivity index is 0.00000576. The zero-order chi connectivity index (χ0) is 44.5. The number of fused-ring (bicyclic) bond motifs is 20. The summed E-state index contributed by atoms with van der Waals surface area (Å²) in [6.07, 6.45) is 0. The van der Waals surface area contributed by atoms with E-state index in [0.29, 0.717) is 143 Å². The van der Waals surface area contributed by atoms with Crippen molar-refractivity contribution in [3.05, 3.63) is 48.5 Å². The minimum atomic E-state index is 0. The first kappa shape index (κ1) is 44.9. The molecule has 5 heterocycles. The molecule has 65 heavy (non-hydrogen) atoms. The molecule has 0 radical (unpaired) electrons. The Morgan fingerprint density at radius 3 is 0.677 bits per heavy atom. The fourth-order valence-electron chi connectivity index (χ4n) is 8.14. The van der Waals surface area contributed by atoms with Crippen molar-refractivity contribution in [3.8, 4) is 91.5 Å². The number of ether oxygens (including phenoxy) is 8. The predicted molar refractivity (Wildman–Crippen MR) is 243 cm³/mol. The molecule has 0 saturated heterocycles. The molecule has 9 rings (SSSR count). The Morgan fingerprint density at radius 2 is 0.477 bits per heavy atom. The predicted octanol–water partition coefficient (Wildman–Crippen LogP) is 9.31. The number of rotatable bonds is 16. The van der Waals surface area contributed by atoms with Crippen molar-refractivity contribution >= 4 is 44.1 Å². The van der Waals surface area contributed by atoms with Gasteiger partial charge in [0.25, 0.3) is 0 Å². The molecular formula is C48H48N8O8Pt. The van der Waals surface area contributed by atoms with Gasteiger partial charge in [-0.2, -0.15) is 0 Å². The topological polar surface area (TPSA) is 179 Å². The Hall–Kier alpha value is -6.67. The second kappa shape index (κ2) is 19.2. The number of benzene rings is 4. The van der Waals surface area contributed by atoms with Crippen molar-refractivity contribution in [2.75, 3.05) is 52.9 Å². The minimum Gasteiger partial charge on any atom is -0.493 e. The van der Waals surface area contributed by atoms with Gasteiger partial charge in [0, 0.05) is 44.1 Å². The van der Waals surface area contributed by atoms with Gasteiger partial charge in [-0.1, -0.05) is 0 Å². The van der Waals surface area contributed by atoms with Gasteiger partial charge in [-0.05, 0) is 104 Å². The van der Waals surface area contributed by atoms with Crippen LogP contribution < -0.4 is 47.9 Å². The van der Waals surface area contributed by atoms with Gasteiger partial charge >= 0.3 is 21.1 Å². The van der Waals surface area contributed by atoms with Crippen LogP contribution >= 0.6 is 0 Å². The molecule has 7 aromatic rings. The maximum Gasteiger partial charge on any atom is 2.00 e. The van der Waals surface area contributed by atoms with E-state index in [0.717, 1.165) is 0 Å². The van der Waals surface area contributed by atoms with Gasteiger partial charge in [-0.25, -0.2) is 9.97 Å². The monoisotopic (exact) mass is 1060 g/mol. The summed E-state index contributed by atoms with van der Waals surface area (Å²) >= 11 is 0. The molecule has 0 fully saturated rings. The van der Waals surface area contributed by atoms with Gasteiger partial charge in [0.1, 0.15) is 46.0 Å². The molecule has 0 amide bonds. The van der Waals surface area contributed by atoms with Crippen LogP contribution in [0.15, 0.2) is 48.5 Å². The van der Waals surface area contributed by atoms with Gasteiger partial charge in [0.15, 0.2) is 0 Å². The largest absolute Gasteiger partial charge is 2.00 e. The Kier molecular flexibility index (Phi) is 13.3. The third-order valence-corrected chi connectivity index (χ3v) is 10.4. The summed E-state index contributed by atoms with van der Waals surface area (Å²) in [6, 6.07) is 14.8. The van der Waals surface area contributed by atoms with Crippen molar-refractivity contribution in [2.45, 2.75) is 55.4 Å². The van der Waals surface area contributed by atoms with Gasteiger partial charge in [-0.3, -0.25) is 0 Å². The van der Waals surface area contributed by atoms with Crippen LogP contribution in [0.2, 0.25) is 0 Å². The van der Waals surface area contributed by atoms with Crippen molar-refractivity contribution in [3.63, 3.8) is 0 Å². The van der Waals surface area contributed by atoms with Crippen molar-refractivity contribution in [1.82, 2.24) is 39.9 Å². The Labute approximate surface area is 389 Å².